The highest BCUT2D eigenvalue weighted by Gasteiger charge is 2.17. The summed E-state index contributed by atoms with van der Waals surface area (Å²) in [5.74, 6) is 0.928. The van der Waals surface area contributed by atoms with Crippen molar-refractivity contribution in [1.29, 1.82) is 0 Å². The van der Waals surface area contributed by atoms with Crippen molar-refractivity contribution in [2.24, 2.45) is 5.92 Å². The summed E-state index contributed by atoms with van der Waals surface area (Å²) in [5.41, 5.74) is 1.40. The molecule has 5 nitrogen and oxygen atoms in total. The first-order valence-electron chi connectivity index (χ1n) is 10.3. The zero-order valence-electron chi connectivity index (χ0n) is 17.2. The zero-order chi connectivity index (χ0) is 18.0. The topological polar surface area (TPSA) is 47.6 Å². The fourth-order valence-electron chi connectivity index (χ4n) is 3.93. The van der Waals surface area contributed by atoms with E-state index in [2.05, 4.69) is 50.8 Å². The summed E-state index contributed by atoms with van der Waals surface area (Å²) < 4.78 is 0. The summed E-state index contributed by atoms with van der Waals surface area (Å²) in [6, 6.07) is 10.7. The Morgan fingerprint density at radius 2 is 1.72 bits per heavy atom. The molecule has 8 heteroatoms. The van der Waals surface area contributed by atoms with E-state index in [-0.39, 0.29) is 43.1 Å². The Labute approximate surface area is 194 Å². The van der Waals surface area contributed by atoms with Crippen LogP contribution in [-0.2, 0) is 11.3 Å². The molecule has 0 bridgehead atoms. The van der Waals surface area contributed by atoms with E-state index >= 15 is 0 Å². The van der Waals surface area contributed by atoms with Gasteiger partial charge in [0.25, 0.3) is 0 Å². The SMILES string of the molecule is Cl.Cl.Cl.O=C(CCC1CCNC1)NCCCN1CCN(Cc2ccccc2)CC1. The van der Waals surface area contributed by atoms with Crippen LogP contribution in [0.3, 0.4) is 0 Å². The monoisotopic (exact) mass is 466 g/mol. The van der Waals surface area contributed by atoms with Crippen LogP contribution in [0.25, 0.3) is 0 Å². The molecule has 168 valence electrons. The molecule has 0 saturated carbocycles. The summed E-state index contributed by atoms with van der Waals surface area (Å²) in [5, 5.41) is 6.45. The molecule has 2 saturated heterocycles. The molecule has 3 rings (SSSR count). The van der Waals surface area contributed by atoms with Gasteiger partial charge in [-0.3, -0.25) is 9.69 Å². The highest BCUT2D eigenvalue weighted by atomic mass is 35.5. The Morgan fingerprint density at radius 1 is 1.03 bits per heavy atom. The van der Waals surface area contributed by atoms with Crippen LogP contribution in [0.5, 0.6) is 0 Å². The lowest BCUT2D eigenvalue weighted by molar-refractivity contribution is -0.121. The maximum atomic E-state index is 11.9. The van der Waals surface area contributed by atoms with Gasteiger partial charge >= 0.3 is 0 Å². The number of benzene rings is 1. The number of rotatable bonds is 9. The maximum absolute atomic E-state index is 11.9. The normalized spacial score (nSPS) is 19.5. The van der Waals surface area contributed by atoms with Crippen molar-refractivity contribution in [2.45, 2.75) is 32.2 Å². The van der Waals surface area contributed by atoms with Crippen molar-refractivity contribution in [3.8, 4) is 0 Å². The van der Waals surface area contributed by atoms with Gasteiger partial charge in [0.05, 0.1) is 0 Å². The molecule has 0 radical (unpaired) electrons. The van der Waals surface area contributed by atoms with Gasteiger partial charge in [-0.25, -0.2) is 0 Å². The number of nitrogens with zero attached hydrogens (tertiary/aromatic N) is 2. The van der Waals surface area contributed by atoms with Crippen LogP contribution in [0, 0.1) is 5.92 Å². The first-order chi connectivity index (χ1) is 12.8. The third-order valence-electron chi connectivity index (χ3n) is 5.63. The molecule has 2 aliphatic heterocycles. The Hall–Kier alpha value is -0.560. The zero-order valence-corrected chi connectivity index (χ0v) is 19.6. The Morgan fingerprint density at radius 3 is 2.38 bits per heavy atom. The first kappa shape index (κ1) is 28.4. The third-order valence-corrected chi connectivity index (χ3v) is 5.63. The average Bonchev–Trinajstić information content (AvgIpc) is 3.19. The summed E-state index contributed by atoms with van der Waals surface area (Å²) in [7, 11) is 0. The molecular formula is C21H37Cl3N4O. The van der Waals surface area contributed by atoms with Crippen molar-refractivity contribution in [3.05, 3.63) is 35.9 Å². The number of carbonyl (C=O) groups excluding carboxylic acids is 1. The molecule has 1 unspecified atom stereocenters. The molecule has 0 spiro atoms. The fourth-order valence-corrected chi connectivity index (χ4v) is 3.93. The molecule has 1 amide bonds. The fraction of sp³-hybridized carbons (Fsp3) is 0.667. The molecule has 2 aliphatic rings. The highest BCUT2D eigenvalue weighted by molar-refractivity contribution is 5.86. The van der Waals surface area contributed by atoms with Gasteiger partial charge in [-0.1, -0.05) is 30.3 Å². The summed E-state index contributed by atoms with van der Waals surface area (Å²) in [4.78, 5) is 17.0. The van der Waals surface area contributed by atoms with E-state index in [9.17, 15) is 4.79 Å². The van der Waals surface area contributed by atoms with Crippen LogP contribution in [0.15, 0.2) is 30.3 Å². The molecule has 0 aromatic heterocycles. The predicted molar refractivity (Wildman–Crippen MR) is 128 cm³/mol. The lowest BCUT2D eigenvalue weighted by atomic mass is 10.0. The second kappa shape index (κ2) is 16.2. The second-order valence-corrected chi connectivity index (χ2v) is 7.70. The van der Waals surface area contributed by atoms with Crippen LogP contribution in [-0.4, -0.2) is 68.1 Å². The van der Waals surface area contributed by atoms with Gasteiger partial charge in [0, 0.05) is 45.7 Å². The van der Waals surface area contributed by atoms with Gasteiger partial charge in [-0.15, -0.1) is 37.2 Å². The standard InChI is InChI=1S/C21H34N4O.3ClH/c26-21(8-7-19-9-11-22-17-19)23-10-4-12-24-13-15-25(16-14-24)18-20-5-2-1-3-6-20;;;/h1-3,5-6,19,22H,4,7-18H2,(H,23,26);3*1H. The van der Waals surface area contributed by atoms with Gasteiger partial charge in [0.1, 0.15) is 0 Å². The molecular weight excluding hydrogens is 431 g/mol. The van der Waals surface area contributed by atoms with Gasteiger partial charge in [0.2, 0.25) is 5.91 Å². The van der Waals surface area contributed by atoms with Crippen molar-refractivity contribution in [3.63, 3.8) is 0 Å². The Kier molecular flexibility index (Phi) is 15.9. The van der Waals surface area contributed by atoms with E-state index < -0.39 is 0 Å². The van der Waals surface area contributed by atoms with Crippen LogP contribution in [0.1, 0.15) is 31.2 Å². The van der Waals surface area contributed by atoms with E-state index in [0.29, 0.717) is 12.3 Å². The quantitative estimate of drug-likeness (QED) is 0.548. The largest absolute Gasteiger partial charge is 0.356 e. The Balaban J connectivity index is 0.00000261. The van der Waals surface area contributed by atoms with E-state index in [1.165, 1.54) is 12.0 Å². The van der Waals surface area contributed by atoms with E-state index in [0.717, 1.165) is 71.7 Å². The van der Waals surface area contributed by atoms with Crippen LogP contribution in [0.4, 0.5) is 0 Å². The molecule has 0 aliphatic carbocycles. The lowest BCUT2D eigenvalue weighted by Gasteiger charge is -2.34. The van der Waals surface area contributed by atoms with Crippen LogP contribution >= 0.6 is 37.2 Å². The minimum Gasteiger partial charge on any atom is -0.356 e. The number of halogens is 3. The predicted octanol–water partition coefficient (Wildman–Crippen LogP) is 2.97. The van der Waals surface area contributed by atoms with Crippen LogP contribution in [0.2, 0.25) is 0 Å². The molecule has 1 aromatic carbocycles. The number of carbonyl (C=O) groups is 1. The smallest absolute Gasteiger partial charge is 0.220 e. The maximum Gasteiger partial charge on any atom is 0.220 e. The van der Waals surface area contributed by atoms with Crippen LogP contribution < -0.4 is 10.6 Å². The van der Waals surface area contributed by atoms with Gasteiger partial charge < -0.3 is 15.5 Å². The number of amides is 1. The highest BCUT2D eigenvalue weighted by Crippen LogP contribution is 2.14. The van der Waals surface area contributed by atoms with E-state index in [1.54, 1.807) is 0 Å². The molecule has 1 aromatic rings. The van der Waals surface area contributed by atoms with Crippen molar-refractivity contribution in [1.82, 2.24) is 20.4 Å². The molecule has 1 atom stereocenters. The molecule has 29 heavy (non-hydrogen) atoms. The molecule has 2 fully saturated rings. The number of nitrogens with one attached hydrogen (secondary N) is 2. The van der Waals surface area contributed by atoms with Gasteiger partial charge in [-0.2, -0.15) is 0 Å². The third kappa shape index (κ3) is 10.9. The molecule has 2 N–H and O–H groups in total. The summed E-state index contributed by atoms with van der Waals surface area (Å²) in [6.45, 7) is 9.70. The van der Waals surface area contributed by atoms with Crippen molar-refractivity contribution >= 4 is 43.1 Å². The first-order valence-corrected chi connectivity index (χ1v) is 10.3. The van der Waals surface area contributed by atoms with Crippen molar-refractivity contribution in [2.75, 3.05) is 52.4 Å². The van der Waals surface area contributed by atoms with Gasteiger partial charge in [0.15, 0.2) is 0 Å². The van der Waals surface area contributed by atoms with E-state index in [1.807, 2.05) is 0 Å². The summed E-state index contributed by atoms with van der Waals surface area (Å²) in [6.07, 6.45) is 3.99. The minimum atomic E-state index is 0. The number of hydrogen-bond acceptors (Lipinski definition) is 4. The second-order valence-electron chi connectivity index (χ2n) is 7.70. The van der Waals surface area contributed by atoms with Gasteiger partial charge in [-0.05, 0) is 50.4 Å². The summed E-state index contributed by atoms with van der Waals surface area (Å²) >= 11 is 0. The van der Waals surface area contributed by atoms with E-state index in [4.69, 9.17) is 0 Å². The molecule has 2 heterocycles. The lowest BCUT2D eigenvalue weighted by Crippen LogP contribution is -2.46. The average molecular weight is 468 g/mol. The number of piperazine rings is 1. The minimum absolute atomic E-state index is 0. The van der Waals surface area contributed by atoms with Crippen molar-refractivity contribution < 1.29 is 4.79 Å². The Bertz CT molecular complexity index is 536. The number of hydrogen-bond donors (Lipinski definition) is 2.